The molecule has 0 saturated carbocycles. The average molecular weight is 172 g/mol. The number of hydrogen-bond donors (Lipinski definition) is 1. The average Bonchev–Trinajstić information content (AvgIpc) is 1.98. The summed E-state index contributed by atoms with van der Waals surface area (Å²) in [6.45, 7) is 5.64. The molecule has 1 atom stereocenters. The maximum Gasteiger partial charge on any atom is 0.302 e. The van der Waals surface area contributed by atoms with Gasteiger partial charge < -0.3 is 9.84 Å². The van der Waals surface area contributed by atoms with Crippen molar-refractivity contribution >= 4 is 11.8 Å². The van der Waals surface area contributed by atoms with Crippen LogP contribution in [0.25, 0.3) is 0 Å². The molecule has 4 heteroatoms. The molecule has 4 nitrogen and oxygen atoms in total. The number of Topliss-reactive ketones (excluding diaryl/α,β-unsaturated/α-hetero) is 1. The fourth-order valence-electron chi connectivity index (χ4n) is 0.532. The van der Waals surface area contributed by atoms with E-state index in [-0.39, 0.29) is 18.0 Å². The van der Waals surface area contributed by atoms with Crippen LogP contribution in [-0.4, -0.2) is 29.6 Å². The summed E-state index contributed by atoms with van der Waals surface area (Å²) in [5.41, 5.74) is 0.0521. The Balaban J connectivity index is 3.87. The molecule has 0 aromatic rings. The van der Waals surface area contributed by atoms with Crippen molar-refractivity contribution in [3.8, 4) is 0 Å². The second-order valence-corrected chi connectivity index (χ2v) is 2.40. The number of carbonyl (C=O) groups is 2. The van der Waals surface area contributed by atoms with Gasteiger partial charge in [-0.3, -0.25) is 9.59 Å². The van der Waals surface area contributed by atoms with E-state index in [4.69, 9.17) is 5.11 Å². The van der Waals surface area contributed by atoms with Crippen LogP contribution in [0.2, 0.25) is 0 Å². The first-order chi connectivity index (χ1) is 5.45. The molecule has 12 heavy (non-hydrogen) atoms. The Kier molecular flexibility index (Phi) is 4.21. The standard InChI is InChI=1S/C8H12O4/c1-5(6(2)9)8(11)4-12-7(3)10/h8,11H,1,4H2,2-3H3. The van der Waals surface area contributed by atoms with E-state index in [0.717, 1.165) is 0 Å². The Morgan fingerprint density at radius 2 is 2.00 bits per heavy atom. The first-order valence-electron chi connectivity index (χ1n) is 3.46. The lowest BCUT2D eigenvalue weighted by Gasteiger charge is -2.10. The molecular formula is C8H12O4. The number of ether oxygens (including phenoxy) is 1. The van der Waals surface area contributed by atoms with Crippen LogP contribution in [0, 0.1) is 0 Å². The van der Waals surface area contributed by atoms with Gasteiger partial charge in [-0.25, -0.2) is 0 Å². The van der Waals surface area contributed by atoms with E-state index < -0.39 is 12.1 Å². The highest BCUT2D eigenvalue weighted by atomic mass is 16.5. The molecule has 1 unspecified atom stereocenters. The lowest BCUT2D eigenvalue weighted by Crippen LogP contribution is -2.22. The molecule has 0 saturated heterocycles. The fourth-order valence-corrected chi connectivity index (χ4v) is 0.532. The molecule has 0 bridgehead atoms. The number of hydrogen-bond acceptors (Lipinski definition) is 4. The van der Waals surface area contributed by atoms with Crippen LogP contribution in [0.4, 0.5) is 0 Å². The highest BCUT2D eigenvalue weighted by Gasteiger charge is 2.13. The lowest BCUT2D eigenvalue weighted by atomic mass is 10.1. The minimum absolute atomic E-state index is 0.0521. The van der Waals surface area contributed by atoms with Gasteiger partial charge in [0.2, 0.25) is 0 Å². The topological polar surface area (TPSA) is 63.6 Å². The van der Waals surface area contributed by atoms with Crippen LogP contribution in [0.3, 0.4) is 0 Å². The van der Waals surface area contributed by atoms with E-state index in [1.165, 1.54) is 13.8 Å². The summed E-state index contributed by atoms with van der Waals surface area (Å²) in [5, 5.41) is 9.14. The molecule has 0 aliphatic heterocycles. The third kappa shape index (κ3) is 3.88. The SMILES string of the molecule is C=C(C(C)=O)C(O)COC(C)=O. The Morgan fingerprint density at radius 1 is 1.50 bits per heavy atom. The number of ketones is 1. The minimum Gasteiger partial charge on any atom is -0.463 e. The van der Waals surface area contributed by atoms with Crippen molar-refractivity contribution in [2.45, 2.75) is 20.0 Å². The summed E-state index contributed by atoms with van der Waals surface area (Å²) in [7, 11) is 0. The molecule has 0 aliphatic carbocycles. The van der Waals surface area contributed by atoms with Crippen LogP contribution in [0.1, 0.15) is 13.8 Å². The molecule has 0 spiro atoms. The second kappa shape index (κ2) is 4.66. The van der Waals surface area contributed by atoms with Crippen LogP contribution in [0.15, 0.2) is 12.2 Å². The molecule has 68 valence electrons. The Labute approximate surface area is 70.8 Å². The van der Waals surface area contributed by atoms with Crippen LogP contribution in [-0.2, 0) is 14.3 Å². The summed E-state index contributed by atoms with van der Waals surface area (Å²) >= 11 is 0. The minimum atomic E-state index is -1.09. The van der Waals surface area contributed by atoms with Gasteiger partial charge in [0.1, 0.15) is 12.7 Å². The van der Waals surface area contributed by atoms with E-state index >= 15 is 0 Å². The van der Waals surface area contributed by atoms with Gasteiger partial charge in [-0.15, -0.1) is 0 Å². The summed E-state index contributed by atoms with van der Waals surface area (Å²) in [5.74, 6) is -0.806. The molecule has 0 aromatic carbocycles. The Hall–Kier alpha value is -1.16. The van der Waals surface area contributed by atoms with Crippen molar-refractivity contribution in [3.05, 3.63) is 12.2 Å². The summed E-state index contributed by atoms with van der Waals surface area (Å²) < 4.78 is 4.47. The highest BCUT2D eigenvalue weighted by Crippen LogP contribution is 2.01. The normalized spacial score (nSPS) is 11.9. The van der Waals surface area contributed by atoms with E-state index in [1.807, 2.05) is 0 Å². The fraction of sp³-hybridized carbons (Fsp3) is 0.500. The monoisotopic (exact) mass is 172 g/mol. The quantitative estimate of drug-likeness (QED) is 0.481. The van der Waals surface area contributed by atoms with Crippen LogP contribution < -0.4 is 0 Å². The molecule has 0 amide bonds. The first kappa shape index (κ1) is 10.8. The molecule has 0 aromatic heterocycles. The molecule has 1 N–H and O–H groups in total. The smallest absolute Gasteiger partial charge is 0.302 e. The number of aliphatic hydroxyl groups is 1. The third-order valence-corrected chi connectivity index (χ3v) is 1.30. The molecule has 0 rings (SSSR count). The van der Waals surface area contributed by atoms with Crippen molar-refractivity contribution in [3.63, 3.8) is 0 Å². The summed E-state index contributed by atoms with van der Waals surface area (Å²) in [4.78, 5) is 20.9. The number of rotatable bonds is 4. The summed E-state index contributed by atoms with van der Waals surface area (Å²) in [6.07, 6.45) is -1.09. The van der Waals surface area contributed by atoms with Gasteiger partial charge in [0.05, 0.1) is 0 Å². The highest BCUT2D eigenvalue weighted by molar-refractivity contribution is 5.93. The third-order valence-electron chi connectivity index (χ3n) is 1.30. The number of esters is 1. The van der Waals surface area contributed by atoms with Crippen molar-refractivity contribution < 1.29 is 19.4 Å². The van der Waals surface area contributed by atoms with E-state index in [0.29, 0.717) is 0 Å². The molecular weight excluding hydrogens is 160 g/mol. The second-order valence-electron chi connectivity index (χ2n) is 2.40. The predicted octanol–water partition coefficient (Wildman–Crippen LogP) is 0.0556. The molecule has 0 radical (unpaired) electrons. The molecule has 0 aliphatic rings. The van der Waals surface area contributed by atoms with E-state index in [9.17, 15) is 9.59 Å². The zero-order valence-corrected chi connectivity index (χ0v) is 7.16. The van der Waals surface area contributed by atoms with Gasteiger partial charge in [-0.2, -0.15) is 0 Å². The summed E-state index contributed by atoms with van der Waals surface area (Å²) in [6, 6.07) is 0. The van der Waals surface area contributed by atoms with Crippen molar-refractivity contribution in [2.24, 2.45) is 0 Å². The van der Waals surface area contributed by atoms with Crippen molar-refractivity contribution in [2.75, 3.05) is 6.61 Å². The largest absolute Gasteiger partial charge is 0.463 e. The van der Waals surface area contributed by atoms with E-state index in [1.54, 1.807) is 0 Å². The van der Waals surface area contributed by atoms with Gasteiger partial charge in [-0.1, -0.05) is 6.58 Å². The maximum atomic E-state index is 10.6. The van der Waals surface area contributed by atoms with Gasteiger partial charge in [0.25, 0.3) is 0 Å². The van der Waals surface area contributed by atoms with E-state index in [2.05, 4.69) is 11.3 Å². The zero-order chi connectivity index (χ0) is 9.72. The van der Waals surface area contributed by atoms with Gasteiger partial charge in [0.15, 0.2) is 5.78 Å². The lowest BCUT2D eigenvalue weighted by molar-refractivity contribution is -0.143. The van der Waals surface area contributed by atoms with Gasteiger partial charge in [-0.05, 0) is 6.92 Å². The van der Waals surface area contributed by atoms with Crippen molar-refractivity contribution in [1.82, 2.24) is 0 Å². The van der Waals surface area contributed by atoms with Gasteiger partial charge in [0, 0.05) is 12.5 Å². The molecule has 0 heterocycles. The number of carbonyl (C=O) groups excluding carboxylic acids is 2. The number of aliphatic hydroxyl groups excluding tert-OH is 1. The Morgan fingerprint density at radius 3 is 2.33 bits per heavy atom. The van der Waals surface area contributed by atoms with Crippen LogP contribution in [0.5, 0.6) is 0 Å². The molecule has 0 fully saturated rings. The maximum absolute atomic E-state index is 10.6. The van der Waals surface area contributed by atoms with Crippen LogP contribution >= 0.6 is 0 Å². The van der Waals surface area contributed by atoms with Gasteiger partial charge >= 0.3 is 5.97 Å². The first-order valence-corrected chi connectivity index (χ1v) is 3.46. The van der Waals surface area contributed by atoms with Crippen molar-refractivity contribution in [1.29, 1.82) is 0 Å². The Bertz CT molecular complexity index is 207. The predicted molar refractivity (Wildman–Crippen MR) is 42.5 cm³/mol. The zero-order valence-electron chi connectivity index (χ0n) is 7.16.